The van der Waals surface area contributed by atoms with Gasteiger partial charge in [0.15, 0.2) is 0 Å². The SMILES string of the molecule is CCC1(CNCc2cc(-c3ccccc3)cs2)CCC1. The first-order valence-corrected chi connectivity index (χ1v) is 8.53. The van der Waals surface area contributed by atoms with Gasteiger partial charge in [0.25, 0.3) is 0 Å². The molecule has 1 nitrogen and oxygen atoms in total. The molecule has 1 heterocycles. The Balaban J connectivity index is 1.55. The van der Waals surface area contributed by atoms with Gasteiger partial charge in [0.2, 0.25) is 0 Å². The molecule has 1 aliphatic rings. The van der Waals surface area contributed by atoms with Crippen LogP contribution in [0.3, 0.4) is 0 Å². The van der Waals surface area contributed by atoms with Crippen molar-refractivity contribution in [1.82, 2.24) is 5.32 Å². The van der Waals surface area contributed by atoms with Crippen LogP contribution in [0, 0.1) is 5.41 Å². The van der Waals surface area contributed by atoms with Crippen molar-refractivity contribution in [3.8, 4) is 11.1 Å². The van der Waals surface area contributed by atoms with Gasteiger partial charge in [-0.05, 0) is 47.3 Å². The third-order valence-electron chi connectivity index (χ3n) is 4.72. The predicted molar refractivity (Wildman–Crippen MR) is 88.0 cm³/mol. The van der Waals surface area contributed by atoms with E-state index >= 15 is 0 Å². The van der Waals surface area contributed by atoms with Crippen LogP contribution in [0.4, 0.5) is 0 Å². The van der Waals surface area contributed by atoms with E-state index in [-0.39, 0.29) is 0 Å². The summed E-state index contributed by atoms with van der Waals surface area (Å²) < 4.78 is 0. The Morgan fingerprint density at radius 1 is 1.15 bits per heavy atom. The van der Waals surface area contributed by atoms with Gasteiger partial charge in [-0.15, -0.1) is 11.3 Å². The largest absolute Gasteiger partial charge is 0.311 e. The second-order valence-electron chi connectivity index (χ2n) is 5.98. The minimum atomic E-state index is 0.611. The molecule has 1 aromatic heterocycles. The zero-order valence-corrected chi connectivity index (χ0v) is 13.0. The van der Waals surface area contributed by atoms with Gasteiger partial charge in [-0.1, -0.05) is 43.7 Å². The molecular weight excluding hydrogens is 262 g/mol. The lowest BCUT2D eigenvalue weighted by Crippen LogP contribution is -2.39. The quantitative estimate of drug-likeness (QED) is 0.780. The Kier molecular flexibility index (Phi) is 4.23. The number of rotatable bonds is 6. The Hall–Kier alpha value is -1.12. The first kappa shape index (κ1) is 13.8. The van der Waals surface area contributed by atoms with Crippen molar-refractivity contribution in [2.75, 3.05) is 6.54 Å². The van der Waals surface area contributed by atoms with E-state index in [9.17, 15) is 0 Å². The predicted octanol–water partition coefficient (Wildman–Crippen LogP) is 5.09. The topological polar surface area (TPSA) is 12.0 Å². The molecule has 1 N–H and O–H groups in total. The number of nitrogens with one attached hydrogen (secondary N) is 1. The van der Waals surface area contributed by atoms with Crippen molar-refractivity contribution in [3.63, 3.8) is 0 Å². The second kappa shape index (κ2) is 6.11. The molecule has 20 heavy (non-hydrogen) atoms. The average Bonchev–Trinajstić information content (AvgIpc) is 2.92. The Morgan fingerprint density at radius 2 is 1.95 bits per heavy atom. The minimum absolute atomic E-state index is 0.611. The highest BCUT2D eigenvalue weighted by molar-refractivity contribution is 7.10. The lowest BCUT2D eigenvalue weighted by atomic mass is 9.67. The average molecular weight is 285 g/mol. The molecule has 0 saturated heterocycles. The fourth-order valence-electron chi connectivity index (χ4n) is 3.04. The third kappa shape index (κ3) is 2.97. The second-order valence-corrected chi connectivity index (χ2v) is 6.97. The first-order valence-electron chi connectivity index (χ1n) is 7.65. The van der Waals surface area contributed by atoms with Crippen molar-refractivity contribution in [2.24, 2.45) is 5.41 Å². The molecule has 0 spiro atoms. The Bertz CT molecular complexity index is 534. The summed E-state index contributed by atoms with van der Waals surface area (Å²) >= 11 is 1.87. The van der Waals surface area contributed by atoms with Gasteiger partial charge in [-0.2, -0.15) is 0 Å². The molecule has 0 bridgehead atoms. The van der Waals surface area contributed by atoms with E-state index in [2.05, 4.69) is 54.0 Å². The molecule has 0 aliphatic heterocycles. The minimum Gasteiger partial charge on any atom is -0.311 e. The molecule has 1 aliphatic carbocycles. The van der Waals surface area contributed by atoms with E-state index in [1.54, 1.807) is 0 Å². The monoisotopic (exact) mass is 285 g/mol. The van der Waals surface area contributed by atoms with Crippen LogP contribution >= 0.6 is 11.3 Å². The van der Waals surface area contributed by atoms with Gasteiger partial charge < -0.3 is 5.32 Å². The molecule has 1 saturated carbocycles. The molecule has 0 radical (unpaired) electrons. The van der Waals surface area contributed by atoms with Crippen molar-refractivity contribution in [3.05, 3.63) is 46.7 Å². The van der Waals surface area contributed by atoms with Crippen molar-refractivity contribution in [1.29, 1.82) is 0 Å². The van der Waals surface area contributed by atoms with E-state index in [4.69, 9.17) is 0 Å². The van der Waals surface area contributed by atoms with Gasteiger partial charge in [0, 0.05) is 18.0 Å². The lowest BCUT2D eigenvalue weighted by molar-refractivity contribution is 0.124. The fourth-order valence-corrected chi connectivity index (χ4v) is 3.90. The molecule has 2 heteroatoms. The molecule has 0 atom stereocenters. The van der Waals surface area contributed by atoms with Gasteiger partial charge in [0.05, 0.1) is 0 Å². The van der Waals surface area contributed by atoms with Crippen LogP contribution in [0.2, 0.25) is 0 Å². The maximum Gasteiger partial charge on any atom is 0.0300 e. The molecule has 1 fully saturated rings. The summed E-state index contributed by atoms with van der Waals surface area (Å²) in [5.74, 6) is 0. The van der Waals surface area contributed by atoms with E-state index in [1.165, 1.54) is 48.2 Å². The van der Waals surface area contributed by atoms with Crippen LogP contribution in [0.25, 0.3) is 11.1 Å². The molecule has 2 aromatic rings. The zero-order chi connectivity index (χ0) is 13.8. The van der Waals surface area contributed by atoms with Gasteiger partial charge in [-0.25, -0.2) is 0 Å². The van der Waals surface area contributed by atoms with Crippen LogP contribution in [0.15, 0.2) is 41.8 Å². The van der Waals surface area contributed by atoms with Crippen LogP contribution in [-0.2, 0) is 6.54 Å². The van der Waals surface area contributed by atoms with Crippen molar-refractivity contribution < 1.29 is 0 Å². The molecule has 106 valence electrons. The first-order chi connectivity index (χ1) is 9.81. The zero-order valence-electron chi connectivity index (χ0n) is 12.2. The lowest BCUT2D eigenvalue weighted by Gasteiger charge is -2.41. The summed E-state index contributed by atoms with van der Waals surface area (Å²) in [7, 11) is 0. The van der Waals surface area contributed by atoms with Gasteiger partial charge in [-0.3, -0.25) is 0 Å². The van der Waals surface area contributed by atoms with E-state index < -0.39 is 0 Å². The smallest absolute Gasteiger partial charge is 0.0300 e. The number of hydrogen-bond donors (Lipinski definition) is 1. The Labute approximate surface area is 126 Å². The van der Waals surface area contributed by atoms with E-state index in [0.29, 0.717) is 5.41 Å². The summed E-state index contributed by atoms with van der Waals surface area (Å²) in [6.07, 6.45) is 5.57. The summed E-state index contributed by atoms with van der Waals surface area (Å²) in [6.45, 7) is 4.53. The highest BCUT2D eigenvalue weighted by atomic mass is 32.1. The summed E-state index contributed by atoms with van der Waals surface area (Å²) in [6, 6.07) is 13.0. The molecule has 1 aromatic carbocycles. The molecule has 0 unspecified atom stereocenters. The van der Waals surface area contributed by atoms with E-state index in [1.807, 2.05) is 11.3 Å². The third-order valence-corrected chi connectivity index (χ3v) is 5.66. The fraction of sp³-hybridized carbons (Fsp3) is 0.444. The van der Waals surface area contributed by atoms with E-state index in [0.717, 1.165) is 6.54 Å². The normalized spacial score (nSPS) is 16.9. The number of hydrogen-bond acceptors (Lipinski definition) is 2. The van der Waals surface area contributed by atoms with Crippen molar-refractivity contribution in [2.45, 2.75) is 39.2 Å². The van der Waals surface area contributed by atoms with Crippen LogP contribution in [0.5, 0.6) is 0 Å². The Morgan fingerprint density at radius 3 is 2.60 bits per heavy atom. The van der Waals surface area contributed by atoms with Crippen LogP contribution in [-0.4, -0.2) is 6.54 Å². The van der Waals surface area contributed by atoms with Crippen LogP contribution in [0.1, 0.15) is 37.5 Å². The van der Waals surface area contributed by atoms with Crippen LogP contribution < -0.4 is 5.32 Å². The highest BCUT2D eigenvalue weighted by Gasteiger charge is 2.34. The number of thiophene rings is 1. The highest BCUT2D eigenvalue weighted by Crippen LogP contribution is 2.43. The number of benzene rings is 1. The van der Waals surface area contributed by atoms with Crippen molar-refractivity contribution >= 4 is 11.3 Å². The summed E-state index contributed by atoms with van der Waals surface area (Å²) in [4.78, 5) is 1.44. The summed E-state index contributed by atoms with van der Waals surface area (Å²) in [5, 5.41) is 5.94. The molecule has 0 amide bonds. The van der Waals surface area contributed by atoms with Gasteiger partial charge >= 0.3 is 0 Å². The maximum absolute atomic E-state index is 3.67. The van der Waals surface area contributed by atoms with Gasteiger partial charge in [0.1, 0.15) is 0 Å². The standard InChI is InChI=1S/C18H23NS/c1-2-18(9-6-10-18)14-19-12-17-11-16(13-20-17)15-7-4-3-5-8-15/h3-5,7-8,11,13,19H,2,6,9-10,12,14H2,1H3. The molecular formula is C18H23NS. The maximum atomic E-state index is 3.67. The summed E-state index contributed by atoms with van der Waals surface area (Å²) in [5.41, 5.74) is 3.28. The molecule has 3 rings (SSSR count).